The van der Waals surface area contributed by atoms with Crippen LogP contribution in [0, 0.1) is 0 Å². The van der Waals surface area contributed by atoms with Crippen molar-refractivity contribution in [3.8, 4) is 0 Å². The summed E-state index contributed by atoms with van der Waals surface area (Å²) in [5, 5.41) is 2.91. The molecule has 0 aliphatic heterocycles. The monoisotopic (exact) mass is 495 g/mol. The number of hydrogen-bond acceptors (Lipinski definition) is 0. The Labute approximate surface area is 186 Å². The van der Waals surface area contributed by atoms with E-state index in [1.165, 1.54) is 16.2 Å². The van der Waals surface area contributed by atoms with E-state index in [9.17, 15) is 0 Å². The van der Waals surface area contributed by atoms with Crippen molar-refractivity contribution in [3.63, 3.8) is 0 Å². The number of benzene rings is 3. The second-order valence-electron chi connectivity index (χ2n) is 5.60. The summed E-state index contributed by atoms with van der Waals surface area (Å²) in [6, 6.07) is 31.2. The van der Waals surface area contributed by atoms with Gasteiger partial charge in [0.1, 0.15) is 0 Å². The molecule has 0 fully saturated rings. The van der Waals surface area contributed by atoms with Gasteiger partial charge in [0.05, 0.1) is 0 Å². The van der Waals surface area contributed by atoms with Crippen LogP contribution in [-0.2, 0) is 22.7 Å². The summed E-state index contributed by atoms with van der Waals surface area (Å²) in [6.45, 7) is 0. The minimum Gasteiger partial charge on any atom is -1.00 e. The first-order valence-corrected chi connectivity index (χ1v) is 13.9. The molecule has 0 saturated carbocycles. The van der Waals surface area contributed by atoms with Crippen LogP contribution in [0.5, 0.6) is 0 Å². The molecule has 26 heavy (non-hydrogen) atoms. The van der Waals surface area contributed by atoms with Crippen molar-refractivity contribution in [2.24, 2.45) is 0 Å². The van der Waals surface area contributed by atoms with Crippen molar-refractivity contribution in [1.82, 2.24) is 0 Å². The first-order valence-electron chi connectivity index (χ1n) is 7.85. The number of halogens is 3. The van der Waals surface area contributed by atoms with Crippen molar-refractivity contribution in [2.45, 2.75) is 3.63 Å². The molecule has 0 aromatic heterocycles. The van der Waals surface area contributed by atoms with Gasteiger partial charge in [-0.3, -0.25) is 0 Å². The number of allylic oxidation sites excluding steroid dienone is 1. The van der Waals surface area contributed by atoms with E-state index < -0.39 is 22.7 Å². The van der Waals surface area contributed by atoms with E-state index in [1.807, 2.05) is 0 Å². The first kappa shape index (κ1) is 23.6. The van der Waals surface area contributed by atoms with Crippen LogP contribution in [-0.4, -0.2) is 0 Å². The molecular weight excluding hydrogens is 481 g/mol. The molecule has 1 aliphatic rings. The number of hydrogen-bond donors (Lipinski definition) is 0. The fourth-order valence-corrected chi connectivity index (χ4v) is 14.0. The first-order chi connectivity index (χ1) is 11.4. The van der Waals surface area contributed by atoms with Crippen molar-refractivity contribution in [3.05, 3.63) is 102 Å². The summed E-state index contributed by atoms with van der Waals surface area (Å²) in [5.41, 5.74) is 2.98. The molecule has 0 heterocycles. The molecule has 1 aliphatic carbocycles. The van der Waals surface area contributed by atoms with Crippen molar-refractivity contribution in [2.75, 3.05) is 0 Å². The molecule has 131 valence electrons. The van der Waals surface area contributed by atoms with Gasteiger partial charge in [0.25, 0.3) is 0 Å². The predicted molar refractivity (Wildman–Crippen MR) is 97.3 cm³/mol. The predicted octanol–water partition coefficient (Wildman–Crippen LogP) is -4.10. The Kier molecular flexibility index (Phi) is 10.4. The minimum atomic E-state index is -0.662. The average molecular weight is 498 g/mol. The maximum atomic E-state index is 2.46. The summed E-state index contributed by atoms with van der Waals surface area (Å²) in [4.78, 5) is 0. The maximum Gasteiger partial charge on any atom is -1.00 e. The Morgan fingerprint density at radius 1 is 0.615 bits per heavy atom. The third kappa shape index (κ3) is 5.31. The summed E-state index contributed by atoms with van der Waals surface area (Å²) in [7, 11) is 0. The minimum absolute atomic E-state index is 0. The average Bonchev–Trinajstić information content (AvgIpc) is 3.04. The number of rotatable bonds is 4. The molecule has 0 bridgehead atoms. The van der Waals surface area contributed by atoms with Crippen LogP contribution in [0.4, 0.5) is 0 Å². The van der Waals surface area contributed by atoms with Crippen LogP contribution in [0.25, 0.3) is 6.08 Å². The molecule has 1 unspecified atom stereocenters. The molecule has 4 rings (SSSR count). The maximum absolute atomic E-state index is 2.46. The van der Waals surface area contributed by atoms with Crippen LogP contribution in [0.3, 0.4) is 0 Å². The van der Waals surface area contributed by atoms with Crippen molar-refractivity contribution >= 4 is 21.9 Å². The Bertz CT molecular complexity index is 785. The van der Waals surface area contributed by atoms with Gasteiger partial charge < -0.3 is 37.2 Å². The Balaban J connectivity index is 0.00000113. The summed E-state index contributed by atoms with van der Waals surface area (Å²) in [6.07, 6.45) is 4.78. The second kappa shape index (κ2) is 11.4. The topological polar surface area (TPSA) is 0 Å². The SMILES string of the molecule is C1=C[CH]([Zr+3][P](c2ccccc2)c2ccccc2)c2ccccc21.[Cl-].[Cl-].[Cl-]. The molecule has 0 radical (unpaired) electrons. The van der Waals surface area contributed by atoms with Gasteiger partial charge in [-0.25, -0.2) is 0 Å². The van der Waals surface area contributed by atoms with Gasteiger partial charge in [0.15, 0.2) is 0 Å². The van der Waals surface area contributed by atoms with Gasteiger partial charge in [0.2, 0.25) is 0 Å². The molecule has 0 N–H and O–H groups in total. The summed E-state index contributed by atoms with van der Waals surface area (Å²) in [5.74, 6) is 0. The van der Waals surface area contributed by atoms with Gasteiger partial charge in [-0.15, -0.1) is 0 Å². The molecule has 0 nitrogen and oxygen atoms in total. The van der Waals surface area contributed by atoms with Gasteiger partial charge in [0, 0.05) is 0 Å². The number of fused-ring (bicyclic) bond motifs is 1. The second-order valence-corrected chi connectivity index (χ2v) is 14.3. The molecule has 0 amide bonds. The van der Waals surface area contributed by atoms with Crippen LogP contribution in [0.15, 0.2) is 91.0 Å². The Morgan fingerprint density at radius 3 is 1.69 bits per heavy atom. The smallest absolute Gasteiger partial charge is 1.00 e. The van der Waals surface area contributed by atoms with Crippen molar-refractivity contribution in [1.29, 1.82) is 0 Å². The molecule has 1 atom stereocenters. The van der Waals surface area contributed by atoms with Crippen LogP contribution in [0.2, 0.25) is 0 Å². The fraction of sp³-hybridized carbons (Fsp3) is 0.0476. The molecular formula is C21H17Cl3PZr. The largest absolute Gasteiger partial charge is 1.00 e. The van der Waals surface area contributed by atoms with Crippen molar-refractivity contribution < 1.29 is 59.9 Å². The molecule has 0 spiro atoms. The zero-order valence-electron chi connectivity index (χ0n) is 13.9. The normalized spacial score (nSPS) is 13.7. The van der Waals surface area contributed by atoms with E-state index in [0.29, 0.717) is 3.63 Å². The molecule has 0 saturated heterocycles. The van der Waals surface area contributed by atoms with E-state index >= 15 is 0 Å². The van der Waals surface area contributed by atoms with E-state index in [1.54, 1.807) is 5.56 Å². The summed E-state index contributed by atoms with van der Waals surface area (Å²) >= 11 is -0.662. The summed E-state index contributed by atoms with van der Waals surface area (Å²) < 4.78 is 0.696. The van der Waals surface area contributed by atoms with E-state index in [2.05, 4.69) is 97.1 Å². The standard InChI is InChI=1S/C12H10P.C9H7.3ClH.Zr/c1-3-7-11(8-4-1)13-12-9-5-2-6-10-12;1-2-5-9-7-3-6-8(9)4-1;;;;/h1-10H;1-7H;3*1H;/q-1;;;;;+4/p-3. The van der Waals surface area contributed by atoms with Crippen LogP contribution >= 0.6 is 5.21 Å². The Morgan fingerprint density at radius 2 is 1.12 bits per heavy atom. The van der Waals surface area contributed by atoms with Gasteiger partial charge in [-0.2, -0.15) is 0 Å². The zero-order valence-corrected chi connectivity index (χ0v) is 19.5. The Hall–Kier alpha value is -0.417. The fourth-order valence-electron chi connectivity index (χ4n) is 2.95. The van der Waals surface area contributed by atoms with Gasteiger partial charge in [-0.05, 0) is 0 Å². The van der Waals surface area contributed by atoms with Crippen LogP contribution in [0.1, 0.15) is 14.8 Å². The van der Waals surface area contributed by atoms with Gasteiger partial charge >= 0.3 is 150 Å². The quantitative estimate of drug-likeness (QED) is 0.322. The van der Waals surface area contributed by atoms with E-state index in [0.717, 1.165) is 0 Å². The molecule has 3 aromatic rings. The van der Waals surface area contributed by atoms with Crippen LogP contribution < -0.4 is 47.8 Å². The van der Waals surface area contributed by atoms with E-state index in [-0.39, 0.29) is 42.4 Å². The molecule has 3 aromatic carbocycles. The zero-order chi connectivity index (χ0) is 15.5. The third-order valence-corrected chi connectivity index (χ3v) is 15.3. The van der Waals surface area contributed by atoms with Gasteiger partial charge in [-0.1, -0.05) is 0 Å². The third-order valence-electron chi connectivity index (χ3n) is 4.10. The van der Waals surface area contributed by atoms with E-state index in [4.69, 9.17) is 0 Å². The molecule has 5 heteroatoms.